The van der Waals surface area contributed by atoms with Gasteiger partial charge in [0.15, 0.2) is 0 Å². The number of nitrogens with zero attached hydrogens (tertiary/aromatic N) is 2. The minimum Gasteiger partial charge on any atom is -0.444 e. The molecule has 9 heteroatoms. The molecule has 0 atom stereocenters. The van der Waals surface area contributed by atoms with E-state index in [1.165, 1.54) is 5.01 Å². The van der Waals surface area contributed by atoms with Gasteiger partial charge in [0.2, 0.25) is 5.96 Å². The Morgan fingerprint density at radius 2 is 1.65 bits per heavy atom. The van der Waals surface area contributed by atoms with Crippen LogP contribution in [0.1, 0.15) is 41.5 Å². The highest BCUT2D eigenvalue weighted by Gasteiger charge is 2.28. The fraction of sp³-hybridized carbons (Fsp3) is 0.471. The van der Waals surface area contributed by atoms with Gasteiger partial charge in [-0.25, -0.2) is 14.6 Å². The number of carbonyl (C=O) groups is 2. The predicted octanol–water partition coefficient (Wildman–Crippen LogP) is 3.15. The van der Waals surface area contributed by atoms with Crippen LogP contribution in [0.2, 0.25) is 0 Å². The Bertz CT molecular complexity index is 719. The first-order valence-corrected chi connectivity index (χ1v) is 8.17. The lowest BCUT2D eigenvalue weighted by atomic mass is 10.2. The standard InChI is InChI=1S/C17H25N5O4/c1-16(2,3)25-14(23)18-13(19-15(24)26-17(4,5)6)22-12-10-8-7-9-11(12)20-21-22/h7-10,20-21H,1-6H3,(H,18,19,23,24). The smallest absolute Gasteiger partial charge is 0.437 e. The van der Waals surface area contributed by atoms with Crippen LogP contribution in [0, 0.1) is 0 Å². The first kappa shape index (κ1) is 19.5. The third-order valence-corrected chi connectivity index (χ3v) is 2.86. The van der Waals surface area contributed by atoms with Crippen molar-refractivity contribution >= 4 is 29.5 Å². The largest absolute Gasteiger partial charge is 0.444 e. The van der Waals surface area contributed by atoms with Crippen LogP contribution < -0.4 is 21.3 Å². The van der Waals surface area contributed by atoms with Crippen LogP contribution in [0.25, 0.3) is 0 Å². The van der Waals surface area contributed by atoms with Crippen molar-refractivity contribution in [3.05, 3.63) is 24.3 Å². The summed E-state index contributed by atoms with van der Waals surface area (Å²) in [4.78, 5) is 28.2. The number of fused-ring (bicyclic) bond motifs is 1. The van der Waals surface area contributed by atoms with Gasteiger partial charge in [0.1, 0.15) is 11.2 Å². The zero-order valence-electron chi connectivity index (χ0n) is 15.8. The number of hydrogen-bond donors (Lipinski definition) is 3. The van der Waals surface area contributed by atoms with Crippen molar-refractivity contribution in [2.45, 2.75) is 52.7 Å². The summed E-state index contributed by atoms with van der Waals surface area (Å²) in [5.41, 5.74) is 5.77. The average Bonchev–Trinajstić information content (AvgIpc) is 2.86. The molecule has 0 fully saturated rings. The summed E-state index contributed by atoms with van der Waals surface area (Å²) >= 11 is 0. The summed E-state index contributed by atoms with van der Waals surface area (Å²) in [6.07, 6.45) is -1.58. The zero-order valence-corrected chi connectivity index (χ0v) is 15.8. The lowest BCUT2D eigenvalue weighted by molar-refractivity contribution is 0.0561. The number of anilines is 2. The average molecular weight is 363 g/mol. The molecule has 9 nitrogen and oxygen atoms in total. The highest BCUT2D eigenvalue weighted by Crippen LogP contribution is 2.28. The molecule has 0 spiro atoms. The van der Waals surface area contributed by atoms with E-state index in [1.807, 2.05) is 18.2 Å². The van der Waals surface area contributed by atoms with Crippen molar-refractivity contribution in [3.63, 3.8) is 0 Å². The number of carbonyl (C=O) groups excluding carboxylic acids is 2. The number of rotatable bonds is 0. The SMILES string of the molecule is CC(C)(C)OC(=O)/N=C(/NC(=O)OC(C)(C)C)N1NNc2ccccc21. The second-order valence-corrected chi connectivity index (χ2v) is 7.63. The van der Waals surface area contributed by atoms with E-state index < -0.39 is 23.4 Å². The highest BCUT2D eigenvalue weighted by atomic mass is 16.6. The molecule has 0 radical (unpaired) electrons. The molecule has 2 rings (SSSR count). The van der Waals surface area contributed by atoms with Crippen molar-refractivity contribution in [2.24, 2.45) is 4.99 Å². The molecule has 2 amide bonds. The number of benzene rings is 1. The predicted molar refractivity (Wildman–Crippen MR) is 98.7 cm³/mol. The lowest BCUT2D eigenvalue weighted by Gasteiger charge is -2.24. The van der Waals surface area contributed by atoms with Crippen molar-refractivity contribution in [1.82, 2.24) is 10.9 Å². The molecule has 26 heavy (non-hydrogen) atoms. The second-order valence-electron chi connectivity index (χ2n) is 7.63. The summed E-state index contributed by atoms with van der Waals surface area (Å²) in [5, 5.41) is 3.90. The van der Waals surface area contributed by atoms with Crippen LogP contribution >= 0.6 is 0 Å². The van der Waals surface area contributed by atoms with Crippen molar-refractivity contribution < 1.29 is 19.1 Å². The van der Waals surface area contributed by atoms with Crippen LogP contribution in [0.5, 0.6) is 0 Å². The normalized spacial score (nSPS) is 14.4. The molecule has 1 aromatic carbocycles. The molecule has 0 unspecified atom stereocenters. The van der Waals surface area contributed by atoms with E-state index in [9.17, 15) is 9.59 Å². The zero-order chi connectivity index (χ0) is 19.5. The van der Waals surface area contributed by atoms with Gasteiger partial charge in [0.05, 0.1) is 11.4 Å². The first-order chi connectivity index (χ1) is 11.9. The molecule has 0 aromatic heterocycles. The fourth-order valence-corrected chi connectivity index (χ4v) is 2.02. The summed E-state index contributed by atoms with van der Waals surface area (Å²) in [5.74, 6) is -0.0778. The molecule has 1 aliphatic heterocycles. The number of amides is 2. The van der Waals surface area contributed by atoms with E-state index in [0.717, 1.165) is 5.69 Å². The molecule has 1 aromatic rings. The minimum atomic E-state index is -0.838. The Balaban J connectivity index is 2.28. The number of hydrazine groups is 2. The second kappa shape index (κ2) is 7.20. The maximum Gasteiger partial charge on any atom is 0.437 e. The molecule has 0 bridgehead atoms. The molecule has 0 saturated heterocycles. The van der Waals surface area contributed by atoms with Crippen molar-refractivity contribution in [1.29, 1.82) is 0 Å². The number of ether oxygens (including phenoxy) is 2. The van der Waals surface area contributed by atoms with Crippen LogP contribution in [-0.2, 0) is 9.47 Å². The van der Waals surface area contributed by atoms with E-state index in [1.54, 1.807) is 47.6 Å². The van der Waals surface area contributed by atoms with E-state index in [2.05, 4.69) is 21.3 Å². The van der Waals surface area contributed by atoms with E-state index in [-0.39, 0.29) is 5.96 Å². The summed E-state index contributed by atoms with van der Waals surface area (Å²) in [6, 6.07) is 7.30. The van der Waals surface area contributed by atoms with Gasteiger partial charge in [-0.15, -0.1) is 10.5 Å². The Morgan fingerprint density at radius 1 is 1.04 bits per heavy atom. The molecule has 1 heterocycles. The number of nitrogens with one attached hydrogen (secondary N) is 3. The van der Waals surface area contributed by atoms with Gasteiger partial charge in [-0.1, -0.05) is 12.1 Å². The minimum absolute atomic E-state index is 0.0778. The van der Waals surface area contributed by atoms with Gasteiger partial charge in [0.25, 0.3) is 0 Å². The number of aliphatic imine (C=N–C) groups is 1. The third-order valence-electron chi connectivity index (χ3n) is 2.86. The monoisotopic (exact) mass is 363 g/mol. The van der Waals surface area contributed by atoms with Crippen LogP contribution in [0.15, 0.2) is 29.3 Å². The number of hydrogen-bond acceptors (Lipinski definition) is 6. The summed E-state index contributed by atoms with van der Waals surface area (Å²) in [7, 11) is 0. The van der Waals surface area contributed by atoms with Gasteiger partial charge in [-0.3, -0.25) is 5.32 Å². The van der Waals surface area contributed by atoms with Crippen molar-refractivity contribution in [2.75, 3.05) is 10.4 Å². The first-order valence-electron chi connectivity index (χ1n) is 8.17. The van der Waals surface area contributed by atoms with Crippen LogP contribution in [0.3, 0.4) is 0 Å². The van der Waals surface area contributed by atoms with Gasteiger partial charge < -0.3 is 14.9 Å². The molecule has 0 saturated carbocycles. The quantitative estimate of drug-likeness (QED) is 0.480. The van der Waals surface area contributed by atoms with Gasteiger partial charge >= 0.3 is 12.2 Å². The van der Waals surface area contributed by atoms with Crippen LogP contribution in [-0.4, -0.2) is 29.3 Å². The van der Waals surface area contributed by atoms with Gasteiger partial charge in [-0.05, 0) is 53.7 Å². The van der Waals surface area contributed by atoms with Crippen molar-refractivity contribution in [3.8, 4) is 0 Å². The van der Waals surface area contributed by atoms with E-state index in [0.29, 0.717) is 5.69 Å². The van der Waals surface area contributed by atoms with E-state index in [4.69, 9.17) is 9.47 Å². The van der Waals surface area contributed by atoms with Gasteiger partial charge in [-0.2, -0.15) is 0 Å². The maximum absolute atomic E-state index is 12.2. The number of guanidine groups is 1. The molecule has 142 valence electrons. The van der Waals surface area contributed by atoms with Crippen LogP contribution in [0.4, 0.5) is 21.0 Å². The van der Waals surface area contributed by atoms with E-state index >= 15 is 0 Å². The number of para-hydroxylation sites is 2. The lowest BCUT2D eigenvalue weighted by Crippen LogP contribution is -2.51. The highest BCUT2D eigenvalue weighted by molar-refractivity contribution is 6.09. The summed E-state index contributed by atoms with van der Waals surface area (Å²) in [6.45, 7) is 10.4. The Hall–Kier alpha value is -2.81. The molecular formula is C17H25N5O4. The maximum atomic E-state index is 12.2. The molecule has 3 N–H and O–H groups in total. The molecular weight excluding hydrogens is 338 g/mol. The Morgan fingerprint density at radius 3 is 2.27 bits per heavy atom. The van der Waals surface area contributed by atoms with Gasteiger partial charge in [0, 0.05) is 0 Å². The summed E-state index contributed by atoms with van der Waals surface area (Å²) < 4.78 is 10.4. The Kier molecular flexibility index (Phi) is 5.41. The molecule has 1 aliphatic rings. The Labute approximate surface area is 152 Å². The third kappa shape index (κ3) is 5.62. The number of alkyl carbamates (subject to hydrolysis) is 1. The molecule has 0 aliphatic carbocycles. The fourth-order valence-electron chi connectivity index (χ4n) is 2.02. The topological polar surface area (TPSA) is 104 Å².